The Bertz CT molecular complexity index is 524. The molecule has 0 bridgehead atoms. The zero-order valence-corrected chi connectivity index (χ0v) is 9.18. The van der Waals surface area contributed by atoms with Crippen molar-refractivity contribution in [2.24, 2.45) is 0 Å². The summed E-state index contributed by atoms with van der Waals surface area (Å²) in [4.78, 5) is 11.2. The lowest BCUT2D eigenvalue weighted by Gasteiger charge is -2.01. The van der Waals surface area contributed by atoms with Crippen LogP contribution in [-0.4, -0.2) is 28.1 Å². The number of halogens is 1. The minimum atomic E-state index is -0.529. The van der Waals surface area contributed by atoms with Crippen LogP contribution in [0.1, 0.15) is 10.5 Å². The molecule has 6 heteroatoms. The maximum Gasteiger partial charge on any atom is 0.360 e. The second kappa shape index (κ2) is 4.32. The number of carbonyl (C=O) groups is 1. The van der Waals surface area contributed by atoms with Crippen LogP contribution in [0.2, 0.25) is 5.02 Å². The van der Waals surface area contributed by atoms with E-state index in [0.717, 1.165) is 0 Å². The zero-order valence-electron chi connectivity index (χ0n) is 8.42. The first-order chi connectivity index (χ1) is 7.72. The summed E-state index contributed by atoms with van der Waals surface area (Å²) in [6.45, 7) is 0. The number of nitrogens with zero attached hydrogens (tertiary/aromatic N) is 3. The molecule has 1 aromatic carbocycles. The van der Waals surface area contributed by atoms with E-state index in [4.69, 9.17) is 11.6 Å². The number of rotatable bonds is 2. The zero-order chi connectivity index (χ0) is 11.5. The number of hydrogen-bond donors (Lipinski definition) is 0. The highest BCUT2D eigenvalue weighted by Crippen LogP contribution is 2.18. The summed E-state index contributed by atoms with van der Waals surface area (Å²) >= 11 is 5.98. The first-order valence-electron chi connectivity index (χ1n) is 4.48. The molecule has 0 spiro atoms. The summed E-state index contributed by atoms with van der Waals surface area (Å²) in [6, 6.07) is 7.14. The number of hydrogen-bond acceptors (Lipinski definition) is 4. The van der Waals surface area contributed by atoms with Crippen LogP contribution < -0.4 is 0 Å². The van der Waals surface area contributed by atoms with Gasteiger partial charge in [-0.05, 0) is 12.1 Å². The molecule has 2 aromatic rings. The van der Waals surface area contributed by atoms with Gasteiger partial charge in [-0.25, -0.2) is 9.48 Å². The normalized spacial score (nSPS) is 10.1. The smallest absolute Gasteiger partial charge is 0.360 e. The molecular formula is C10H8ClN3O2. The van der Waals surface area contributed by atoms with E-state index in [0.29, 0.717) is 10.7 Å². The summed E-state index contributed by atoms with van der Waals surface area (Å²) in [5.41, 5.74) is 0.800. The Labute approximate surface area is 96.6 Å². The molecule has 0 unspecified atom stereocenters. The van der Waals surface area contributed by atoms with Gasteiger partial charge in [-0.3, -0.25) is 0 Å². The van der Waals surface area contributed by atoms with Gasteiger partial charge in [0.25, 0.3) is 0 Å². The topological polar surface area (TPSA) is 57.0 Å². The molecule has 0 aliphatic heterocycles. The van der Waals surface area contributed by atoms with Crippen LogP contribution in [-0.2, 0) is 4.74 Å². The standard InChI is InChI=1S/C10H8ClN3O2/c1-16-10(15)8-6-14(13-12-8)9-5-3-2-4-7(9)11/h2-6H,1H3. The maximum atomic E-state index is 11.2. The summed E-state index contributed by atoms with van der Waals surface area (Å²) in [7, 11) is 1.29. The van der Waals surface area contributed by atoms with Crippen molar-refractivity contribution in [2.75, 3.05) is 7.11 Å². The van der Waals surface area contributed by atoms with Crippen molar-refractivity contribution in [3.8, 4) is 5.69 Å². The molecular weight excluding hydrogens is 230 g/mol. The predicted molar refractivity (Wildman–Crippen MR) is 57.7 cm³/mol. The van der Waals surface area contributed by atoms with Crippen LogP contribution >= 0.6 is 11.6 Å². The molecule has 5 nitrogen and oxygen atoms in total. The fourth-order valence-electron chi connectivity index (χ4n) is 1.22. The van der Waals surface area contributed by atoms with E-state index >= 15 is 0 Å². The monoisotopic (exact) mass is 237 g/mol. The molecule has 0 aliphatic rings. The summed E-state index contributed by atoms with van der Waals surface area (Å²) < 4.78 is 5.95. The van der Waals surface area contributed by atoms with Gasteiger partial charge in [0.15, 0.2) is 5.69 Å². The van der Waals surface area contributed by atoms with Gasteiger partial charge in [0.05, 0.1) is 24.0 Å². The fourth-order valence-corrected chi connectivity index (χ4v) is 1.44. The molecule has 2 rings (SSSR count). The molecule has 0 radical (unpaired) electrons. The second-order valence-corrected chi connectivity index (χ2v) is 3.40. The first-order valence-corrected chi connectivity index (χ1v) is 4.85. The Morgan fingerprint density at radius 1 is 1.44 bits per heavy atom. The van der Waals surface area contributed by atoms with Gasteiger partial charge in [0.1, 0.15) is 0 Å². The van der Waals surface area contributed by atoms with Crippen molar-refractivity contribution in [3.63, 3.8) is 0 Å². The third-order valence-corrected chi connectivity index (χ3v) is 2.31. The Hall–Kier alpha value is -1.88. The highest BCUT2D eigenvalue weighted by Gasteiger charge is 2.12. The van der Waals surface area contributed by atoms with Gasteiger partial charge in [0, 0.05) is 0 Å². The van der Waals surface area contributed by atoms with Gasteiger partial charge < -0.3 is 4.74 Å². The molecule has 0 saturated heterocycles. The largest absolute Gasteiger partial charge is 0.464 e. The SMILES string of the molecule is COC(=O)c1cn(-c2ccccc2Cl)nn1. The molecule has 16 heavy (non-hydrogen) atoms. The Kier molecular flexibility index (Phi) is 2.87. The number of carbonyl (C=O) groups excluding carboxylic acids is 1. The number of para-hydroxylation sites is 1. The average Bonchev–Trinajstić information content (AvgIpc) is 2.78. The molecule has 1 aromatic heterocycles. The van der Waals surface area contributed by atoms with Gasteiger partial charge in [0.2, 0.25) is 0 Å². The number of esters is 1. The molecule has 0 atom stereocenters. The lowest BCUT2D eigenvalue weighted by molar-refractivity contribution is 0.0594. The molecule has 0 fully saturated rings. The van der Waals surface area contributed by atoms with E-state index in [9.17, 15) is 4.79 Å². The Morgan fingerprint density at radius 2 is 2.19 bits per heavy atom. The van der Waals surface area contributed by atoms with E-state index in [1.54, 1.807) is 12.1 Å². The van der Waals surface area contributed by atoms with E-state index in [1.165, 1.54) is 18.0 Å². The number of methoxy groups -OCH3 is 1. The third kappa shape index (κ3) is 1.90. The summed E-state index contributed by atoms with van der Waals surface area (Å²) in [5, 5.41) is 8.01. The molecule has 0 N–H and O–H groups in total. The lowest BCUT2D eigenvalue weighted by atomic mass is 10.3. The fraction of sp³-hybridized carbons (Fsp3) is 0.100. The Balaban J connectivity index is 2.39. The molecule has 1 heterocycles. The van der Waals surface area contributed by atoms with E-state index < -0.39 is 5.97 Å². The van der Waals surface area contributed by atoms with Crippen LogP contribution in [0.3, 0.4) is 0 Å². The van der Waals surface area contributed by atoms with Crippen LogP contribution in [0.5, 0.6) is 0 Å². The van der Waals surface area contributed by atoms with Crippen molar-refractivity contribution in [3.05, 3.63) is 41.2 Å². The first kappa shape index (κ1) is 10.6. The number of aromatic nitrogens is 3. The predicted octanol–water partition coefficient (Wildman–Crippen LogP) is 1.71. The van der Waals surface area contributed by atoms with E-state index in [2.05, 4.69) is 15.0 Å². The van der Waals surface area contributed by atoms with Crippen molar-refractivity contribution in [1.82, 2.24) is 15.0 Å². The minimum Gasteiger partial charge on any atom is -0.464 e. The van der Waals surface area contributed by atoms with Gasteiger partial charge >= 0.3 is 5.97 Å². The Morgan fingerprint density at radius 3 is 2.88 bits per heavy atom. The van der Waals surface area contributed by atoms with Crippen molar-refractivity contribution in [2.45, 2.75) is 0 Å². The van der Waals surface area contributed by atoms with Crippen LogP contribution in [0.15, 0.2) is 30.5 Å². The quantitative estimate of drug-likeness (QED) is 0.746. The van der Waals surface area contributed by atoms with Crippen LogP contribution in [0.4, 0.5) is 0 Å². The van der Waals surface area contributed by atoms with Crippen molar-refractivity contribution >= 4 is 17.6 Å². The third-order valence-electron chi connectivity index (χ3n) is 1.99. The number of ether oxygens (including phenoxy) is 1. The molecule has 82 valence electrons. The summed E-state index contributed by atoms with van der Waals surface area (Å²) in [6.07, 6.45) is 1.47. The van der Waals surface area contributed by atoms with Gasteiger partial charge in [-0.1, -0.05) is 28.9 Å². The molecule has 0 aliphatic carbocycles. The minimum absolute atomic E-state index is 0.141. The lowest BCUT2D eigenvalue weighted by Crippen LogP contribution is -2.01. The molecule has 0 amide bonds. The van der Waals surface area contributed by atoms with Crippen LogP contribution in [0, 0.1) is 0 Å². The van der Waals surface area contributed by atoms with Gasteiger partial charge in [-0.2, -0.15) is 0 Å². The van der Waals surface area contributed by atoms with Crippen molar-refractivity contribution < 1.29 is 9.53 Å². The van der Waals surface area contributed by atoms with E-state index in [-0.39, 0.29) is 5.69 Å². The second-order valence-electron chi connectivity index (χ2n) is 2.99. The van der Waals surface area contributed by atoms with Gasteiger partial charge in [-0.15, -0.1) is 5.10 Å². The maximum absolute atomic E-state index is 11.2. The molecule has 0 saturated carbocycles. The highest BCUT2D eigenvalue weighted by molar-refractivity contribution is 6.32. The van der Waals surface area contributed by atoms with Crippen molar-refractivity contribution in [1.29, 1.82) is 0 Å². The highest BCUT2D eigenvalue weighted by atomic mass is 35.5. The van der Waals surface area contributed by atoms with Crippen LogP contribution in [0.25, 0.3) is 5.69 Å². The average molecular weight is 238 g/mol. The van der Waals surface area contributed by atoms with E-state index in [1.807, 2.05) is 12.1 Å². The number of benzene rings is 1. The summed E-state index contributed by atoms with van der Waals surface area (Å²) in [5.74, 6) is -0.529.